The Hall–Kier alpha value is -2.83. The van der Waals surface area contributed by atoms with E-state index in [4.69, 9.17) is 0 Å². The molecular formula is C21H21F2N3O2. The van der Waals surface area contributed by atoms with Gasteiger partial charge in [0.25, 0.3) is 0 Å². The van der Waals surface area contributed by atoms with E-state index in [-0.39, 0.29) is 24.2 Å². The van der Waals surface area contributed by atoms with Crippen molar-refractivity contribution in [2.24, 2.45) is 0 Å². The number of nitrogens with zero attached hydrogens (tertiary/aromatic N) is 2. The number of nitrogens with one attached hydrogen (secondary N) is 1. The van der Waals surface area contributed by atoms with E-state index in [0.29, 0.717) is 43.6 Å². The lowest BCUT2D eigenvalue weighted by molar-refractivity contribution is -0.131. The normalized spacial score (nSPS) is 24.4. The van der Waals surface area contributed by atoms with E-state index in [1.54, 1.807) is 23.2 Å². The third kappa shape index (κ3) is 3.48. The van der Waals surface area contributed by atoms with Crippen molar-refractivity contribution in [1.82, 2.24) is 15.2 Å². The molecule has 28 heavy (non-hydrogen) atoms. The lowest BCUT2D eigenvalue weighted by Crippen LogP contribution is -2.56. The van der Waals surface area contributed by atoms with Crippen LogP contribution < -0.4 is 5.32 Å². The number of likely N-dealkylation sites (tertiary alicyclic amines) is 1. The summed E-state index contributed by atoms with van der Waals surface area (Å²) in [6.45, 7) is 0.699. The first-order valence-corrected chi connectivity index (χ1v) is 9.40. The van der Waals surface area contributed by atoms with Crippen molar-refractivity contribution in [3.63, 3.8) is 0 Å². The van der Waals surface area contributed by atoms with Crippen LogP contribution in [0.4, 0.5) is 8.78 Å². The van der Waals surface area contributed by atoms with Crippen molar-refractivity contribution in [2.45, 2.75) is 37.1 Å². The summed E-state index contributed by atoms with van der Waals surface area (Å²) < 4.78 is 27.3. The fraction of sp³-hybridized carbons (Fsp3) is 0.381. The predicted octanol–water partition coefficient (Wildman–Crippen LogP) is 2.57. The predicted molar refractivity (Wildman–Crippen MR) is 98.3 cm³/mol. The molecule has 0 aliphatic carbocycles. The third-order valence-corrected chi connectivity index (χ3v) is 5.72. The molecule has 1 aromatic carbocycles. The van der Waals surface area contributed by atoms with Gasteiger partial charge in [-0.2, -0.15) is 0 Å². The van der Waals surface area contributed by atoms with Crippen LogP contribution in [0.15, 0.2) is 42.6 Å². The number of amides is 2. The zero-order chi connectivity index (χ0) is 19.7. The number of hydrogen-bond acceptors (Lipinski definition) is 3. The molecule has 5 nitrogen and oxygen atoms in total. The van der Waals surface area contributed by atoms with Crippen molar-refractivity contribution in [3.8, 4) is 0 Å². The number of benzene rings is 1. The second kappa shape index (κ2) is 7.30. The lowest BCUT2D eigenvalue weighted by atomic mass is 9.76. The van der Waals surface area contributed by atoms with Crippen molar-refractivity contribution in [3.05, 3.63) is 65.5 Å². The zero-order valence-electron chi connectivity index (χ0n) is 15.3. The highest BCUT2D eigenvalue weighted by atomic mass is 19.2. The summed E-state index contributed by atoms with van der Waals surface area (Å²) in [7, 11) is 0. The maximum Gasteiger partial charge on any atom is 0.228 e. The number of hydrogen-bond donors (Lipinski definition) is 1. The number of aromatic nitrogens is 1. The molecule has 2 saturated heterocycles. The highest BCUT2D eigenvalue weighted by Gasteiger charge is 2.50. The molecule has 1 N–H and O–H groups in total. The van der Waals surface area contributed by atoms with E-state index in [1.807, 2.05) is 6.07 Å². The van der Waals surface area contributed by atoms with Gasteiger partial charge < -0.3 is 10.2 Å². The molecule has 146 valence electrons. The van der Waals surface area contributed by atoms with Crippen LogP contribution >= 0.6 is 0 Å². The van der Waals surface area contributed by atoms with Crippen LogP contribution in [0.3, 0.4) is 0 Å². The highest BCUT2D eigenvalue weighted by molar-refractivity contribution is 5.81. The second-order valence-electron chi connectivity index (χ2n) is 7.56. The Balaban J connectivity index is 1.62. The Morgan fingerprint density at radius 1 is 1.25 bits per heavy atom. The Bertz CT molecular complexity index is 906. The molecule has 0 unspecified atom stereocenters. The van der Waals surface area contributed by atoms with E-state index in [1.165, 1.54) is 12.1 Å². The fourth-order valence-electron chi connectivity index (χ4n) is 4.37. The zero-order valence-corrected chi connectivity index (χ0v) is 15.3. The fourth-order valence-corrected chi connectivity index (χ4v) is 4.37. The van der Waals surface area contributed by atoms with Gasteiger partial charge in [-0.1, -0.05) is 12.1 Å². The summed E-state index contributed by atoms with van der Waals surface area (Å²) >= 11 is 0. The number of pyridine rings is 1. The van der Waals surface area contributed by atoms with Crippen LogP contribution in [-0.2, 0) is 16.0 Å². The molecular weight excluding hydrogens is 364 g/mol. The first-order chi connectivity index (χ1) is 13.5. The number of carbonyl (C=O) groups excluding carboxylic acids is 2. The molecule has 1 spiro atoms. The summed E-state index contributed by atoms with van der Waals surface area (Å²) in [4.78, 5) is 30.9. The van der Waals surface area contributed by atoms with Crippen LogP contribution in [0, 0.1) is 11.6 Å². The maximum absolute atomic E-state index is 13.9. The van der Waals surface area contributed by atoms with Crippen molar-refractivity contribution in [2.75, 3.05) is 13.1 Å². The van der Waals surface area contributed by atoms with E-state index in [9.17, 15) is 18.4 Å². The molecule has 1 aromatic heterocycles. The first-order valence-electron chi connectivity index (χ1n) is 9.40. The maximum atomic E-state index is 13.9. The van der Waals surface area contributed by atoms with Crippen LogP contribution in [0.5, 0.6) is 0 Å². The topological polar surface area (TPSA) is 62.3 Å². The van der Waals surface area contributed by atoms with Crippen LogP contribution in [0.25, 0.3) is 0 Å². The van der Waals surface area contributed by atoms with Gasteiger partial charge in [0.05, 0.1) is 12.0 Å². The SMILES string of the molecule is O=C1CCC[C@]2(CN(C(=O)Cc3ccccn3)C[C@H]2c2ccc(F)c(F)c2)N1. The van der Waals surface area contributed by atoms with Crippen molar-refractivity contribution in [1.29, 1.82) is 0 Å². The van der Waals surface area contributed by atoms with Crippen LogP contribution in [-0.4, -0.2) is 40.3 Å². The number of carbonyl (C=O) groups is 2. The molecule has 0 radical (unpaired) electrons. The molecule has 2 amide bonds. The van der Waals surface area contributed by atoms with E-state index in [0.717, 1.165) is 6.07 Å². The monoisotopic (exact) mass is 385 g/mol. The number of rotatable bonds is 3. The molecule has 3 heterocycles. The first kappa shape index (κ1) is 18.5. The van der Waals surface area contributed by atoms with E-state index in [2.05, 4.69) is 10.3 Å². The molecule has 2 aromatic rings. The van der Waals surface area contributed by atoms with Crippen LogP contribution in [0.2, 0.25) is 0 Å². The van der Waals surface area contributed by atoms with Gasteiger partial charge >= 0.3 is 0 Å². The summed E-state index contributed by atoms with van der Waals surface area (Å²) in [6, 6.07) is 9.22. The van der Waals surface area contributed by atoms with Crippen LogP contribution in [0.1, 0.15) is 36.4 Å². The Kier molecular flexibility index (Phi) is 4.83. The van der Waals surface area contributed by atoms with Gasteiger partial charge in [0.2, 0.25) is 11.8 Å². The largest absolute Gasteiger partial charge is 0.348 e. The molecule has 2 atom stereocenters. The Morgan fingerprint density at radius 2 is 2.11 bits per heavy atom. The quantitative estimate of drug-likeness (QED) is 0.883. The summed E-state index contributed by atoms with van der Waals surface area (Å²) in [6.07, 6.45) is 3.63. The van der Waals surface area contributed by atoms with Gasteiger partial charge in [0.1, 0.15) is 0 Å². The minimum Gasteiger partial charge on any atom is -0.348 e. The summed E-state index contributed by atoms with van der Waals surface area (Å²) in [5.74, 6) is -2.29. The van der Waals surface area contributed by atoms with Crippen molar-refractivity contribution < 1.29 is 18.4 Å². The second-order valence-corrected chi connectivity index (χ2v) is 7.56. The number of halogens is 2. The van der Waals surface area contributed by atoms with Gasteiger partial charge in [-0.05, 0) is 42.7 Å². The van der Waals surface area contributed by atoms with Gasteiger partial charge in [0, 0.05) is 37.3 Å². The van der Waals surface area contributed by atoms with Gasteiger partial charge in [-0.25, -0.2) is 8.78 Å². The molecule has 0 bridgehead atoms. The highest BCUT2D eigenvalue weighted by Crippen LogP contribution is 2.41. The minimum absolute atomic E-state index is 0.0714. The average Bonchev–Trinajstić information content (AvgIpc) is 3.03. The molecule has 2 fully saturated rings. The van der Waals surface area contributed by atoms with Crippen molar-refractivity contribution >= 4 is 11.8 Å². The smallest absolute Gasteiger partial charge is 0.228 e. The standard InChI is InChI=1S/C21H21F2N3O2/c22-17-7-6-14(10-18(17)23)16-12-26(13-21(16)8-3-5-19(27)25-21)20(28)11-15-4-1-2-9-24-15/h1-2,4,6-7,9-10,16H,3,5,8,11-13H2,(H,25,27)/t16-,21+/m0/s1. The Morgan fingerprint density at radius 3 is 2.82 bits per heavy atom. The molecule has 2 aliphatic rings. The van der Waals surface area contributed by atoms with Gasteiger partial charge in [0.15, 0.2) is 11.6 Å². The van der Waals surface area contributed by atoms with E-state index >= 15 is 0 Å². The number of piperidine rings is 1. The van der Waals surface area contributed by atoms with Gasteiger partial charge in [-0.15, -0.1) is 0 Å². The molecule has 0 saturated carbocycles. The minimum atomic E-state index is -0.923. The average molecular weight is 385 g/mol. The van der Waals surface area contributed by atoms with E-state index < -0.39 is 17.2 Å². The lowest BCUT2D eigenvalue weighted by Gasteiger charge is -2.39. The van der Waals surface area contributed by atoms with Gasteiger partial charge in [-0.3, -0.25) is 14.6 Å². The molecule has 4 rings (SSSR count). The summed E-state index contributed by atoms with van der Waals surface area (Å²) in [5, 5.41) is 3.06. The molecule has 7 heteroatoms. The third-order valence-electron chi connectivity index (χ3n) is 5.72. The molecule has 2 aliphatic heterocycles. The summed E-state index contributed by atoms with van der Waals surface area (Å²) in [5.41, 5.74) is 0.610. The Labute approximate surface area is 161 Å².